The number of likely N-dealkylation sites (tertiary alicyclic amines) is 2. The second-order valence-corrected chi connectivity index (χ2v) is 7.72. The zero-order valence-electron chi connectivity index (χ0n) is 15.2. The lowest BCUT2D eigenvalue weighted by Gasteiger charge is -2.40. The predicted octanol–water partition coefficient (Wildman–Crippen LogP) is 2.07. The first-order valence-electron chi connectivity index (χ1n) is 9.30. The molecular formula is C19H23F2N5O. The van der Waals surface area contributed by atoms with E-state index in [0.29, 0.717) is 6.54 Å². The Bertz CT molecular complexity index is 812. The smallest absolute Gasteiger partial charge is 0.244 e. The molecule has 2 saturated heterocycles. The van der Waals surface area contributed by atoms with Crippen LogP contribution in [0, 0.1) is 17.0 Å². The van der Waals surface area contributed by atoms with Crippen LogP contribution in [0.15, 0.2) is 30.9 Å². The minimum Gasteiger partial charge on any atom is -0.340 e. The average Bonchev–Trinajstić information content (AvgIpc) is 3.29. The summed E-state index contributed by atoms with van der Waals surface area (Å²) in [4.78, 5) is 20.6. The summed E-state index contributed by atoms with van der Waals surface area (Å²) >= 11 is 0. The maximum absolute atomic E-state index is 13.5. The number of piperidine rings is 1. The lowest BCUT2D eigenvalue weighted by Crippen LogP contribution is -2.45. The summed E-state index contributed by atoms with van der Waals surface area (Å²) in [6, 6.07) is 4.10. The summed E-state index contributed by atoms with van der Waals surface area (Å²) in [6.45, 7) is 4.13. The number of benzene rings is 1. The summed E-state index contributed by atoms with van der Waals surface area (Å²) in [5.41, 5.74) is 0.873. The second-order valence-electron chi connectivity index (χ2n) is 7.72. The van der Waals surface area contributed by atoms with E-state index < -0.39 is 11.6 Å². The average molecular weight is 375 g/mol. The largest absolute Gasteiger partial charge is 0.340 e. The molecule has 1 atom stereocenters. The van der Waals surface area contributed by atoms with Gasteiger partial charge in [-0.05, 0) is 43.5 Å². The van der Waals surface area contributed by atoms with Crippen molar-refractivity contribution >= 4 is 5.91 Å². The Balaban J connectivity index is 1.37. The normalized spacial score (nSPS) is 23.3. The molecule has 2 aliphatic rings. The number of amides is 1. The minimum absolute atomic E-state index is 0.0649. The number of nitrogens with zero attached hydrogens (tertiary/aromatic N) is 5. The van der Waals surface area contributed by atoms with E-state index in [1.807, 2.05) is 4.90 Å². The SMILES string of the molecule is O=C(Cn1cncn1)N1CCC2(CCCN(Cc3ccc(F)c(F)c3)C2)C1. The molecule has 1 unspecified atom stereocenters. The molecule has 4 rings (SSSR count). The zero-order valence-corrected chi connectivity index (χ0v) is 15.2. The standard InChI is InChI=1S/C19H23F2N5O/c20-16-3-2-15(8-17(16)21)9-24-6-1-4-19(11-24)5-7-25(12-19)18(27)10-26-14-22-13-23-26/h2-3,8,13-14H,1,4-7,9-12H2. The van der Waals surface area contributed by atoms with E-state index in [9.17, 15) is 13.6 Å². The van der Waals surface area contributed by atoms with Crippen LogP contribution in [0.3, 0.4) is 0 Å². The molecule has 1 aromatic heterocycles. The van der Waals surface area contributed by atoms with E-state index >= 15 is 0 Å². The van der Waals surface area contributed by atoms with Crippen LogP contribution in [0.25, 0.3) is 0 Å². The highest BCUT2D eigenvalue weighted by atomic mass is 19.2. The zero-order chi connectivity index (χ0) is 18.9. The van der Waals surface area contributed by atoms with Crippen molar-refractivity contribution in [2.24, 2.45) is 5.41 Å². The fraction of sp³-hybridized carbons (Fsp3) is 0.526. The lowest BCUT2D eigenvalue weighted by atomic mass is 9.79. The van der Waals surface area contributed by atoms with Gasteiger partial charge in [0.1, 0.15) is 19.2 Å². The summed E-state index contributed by atoms with van der Waals surface area (Å²) in [5, 5.41) is 4.00. The molecule has 0 radical (unpaired) electrons. The summed E-state index contributed by atoms with van der Waals surface area (Å²) < 4.78 is 28.2. The van der Waals surface area contributed by atoms with Crippen LogP contribution in [0.1, 0.15) is 24.8 Å². The van der Waals surface area contributed by atoms with Crippen molar-refractivity contribution in [2.45, 2.75) is 32.4 Å². The third-order valence-electron chi connectivity index (χ3n) is 5.69. The Hall–Kier alpha value is -2.35. The molecule has 0 N–H and O–H groups in total. The van der Waals surface area contributed by atoms with Crippen molar-refractivity contribution in [1.29, 1.82) is 0 Å². The second kappa shape index (κ2) is 7.34. The highest BCUT2D eigenvalue weighted by Gasteiger charge is 2.42. The molecule has 3 heterocycles. The number of carbonyl (C=O) groups is 1. The number of halogens is 2. The van der Waals surface area contributed by atoms with Crippen LogP contribution < -0.4 is 0 Å². The molecular weight excluding hydrogens is 352 g/mol. The van der Waals surface area contributed by atoms with Crippen LogP contribution in [0.5, 0.6) is 0 Å². The van der Waals surface area contributed by atoms with Crippen molar-refractivity contribution in [2.75, 3.05) is 26.2 Å². The number of hydrogen-bond donors (Lipinski definition) is 0. The maximum atomic E-state index is 13.5. The van der Waals surface area contributed by atoms with E-state index in [1.54, 1.807) is 17.1 Å². The summed E-state index contributed by atoms with van der Waals surface area (Å²) in [6.07, 6.45) is 6.09. The van der Waals surface area contributed by atoms with Crippen LogP contribution in [-0.2, 0) is 17.9 Å². The van der Waals surface area contributed by atoms with E-state index in [-0.39, 0.29) is 17.9 Å². The van der Waals surface area contributed by atoms with Gasteiger partial charge in [0.25, 0.3) is 0 Å². The Morgan fingerprint density at radius 3 is 2.81 bits per heavy atom. The summed E-state index contributed by atoms with van der Waals surface area (Å²) in [5.74, 6) is -1.55. The number of aromatic nitrogens is 3. The highest BCUT2D eigenvalue weighted by molar-refractivity contribution is 5.76. The van der Waals surface area contributed by atoms with Gasteiger partial charge in [-0.2, -0.15) is 5.10 Å². The van der Waals surface area contributed by atoms with Crippen molar-refractivity contribution < 1.29 is 13.6 Å². The van der Waals surface area contributed by atoms with Gasteiger partial charge in [-0.3, -0.25) is 9.69 Å². The Labute approximate surface area is 156 Å². The van der Waals surface area contributed by atoms with Gasteiger partial charge in [0.05, 0.1) is 0 Å². The first-order chi connectivity index (χ1) is 13.0. The van der Waals surface area contributed by atoms with Gasteiger partial charge in [0.15, 0.2) is 11.6 Å². The molecule has 1 amide bonds. The van der Waals surface area contributed by atoms with Gasteiger partial charge >= 0.3 is 0 Å². The topological polar surface area (TPSA) is 54.3 Å². The van der Waals surface area contributed by atoms with Crippen LogP contribution in [-0.4, -0.2) is 56.7 Å². The Morgan fingerprint density at radius 1 is 1.15 bits per heavy atom. The molecule has 2 aromatic rings. The molecule has 144 valence electrons. The van der Waals surface area contributed by atoms with Crippen molar-refractivity contribution in [3.8, 4) is 0 Å². The van der Waals surface area contributed by atoms with Gasteiger partial charge < -0.3 is 4.90 Å². The van der Waals surface area contributed by atoms with E-state index in [1.165, 1.54) is 18.5 Å². The third-order valence-corrected chi connectivity index (χ3v) is 5.69. The molecule has 1 aromatic carbocycles. The number of hydrogen-bond acceptors (Lipinski definition) is 4. The highest BCUT2D eigenvalue weighted by Crippen LogP contribution is 2.39. The molecule has 2 aliphatic heterocycles. The fourth-order valence-electron chi connectivity index (χ4n) is 4.38. The van der Waals surface area contributed by atoms with Gasteiger partial charge in [0.2, 0.25) is 5.91 Å². The van der Waals surface area contributed by atoms with Crippen LogP contribution >= 0.6 is 0 Å². The Kier molecular flexibility index (Phi) is 4.90. The van der Waals surface area contributed by atoms with E-state index in [0.717, 1.165) is 51.0 Å². The minimum atomic E-state index is -0.814. The van der Waals surface area contributed by atoms with Gasteiger partial charge in [-0.1, -0.05) is 6.07 Å². The monoisotopic (exact) mass is 375 g/mol. The molecule has 0 bridgehead atoms. The number of carbonyl (C=O) groups excluding carboxylic acids is 1. The lowest BCUT2D eigenvalue weighted by molar-refractivity contribution is -0.131. The van der Waals surface area contributed by atoms with Gasteiger partial charge in [0, 0.05) is 31.6 Å². The molecule has 2 fully saturated rings. The summed E-state index contributed by atoms with van der Waals surface area (Å²) in [7, 11) is 0. The van der Waals surface area contributed by atoms with Crippen molar-refractivity contribution in [3.05, 3.63) is 48.1 Å². The number of rotatable bonds is 4. The van der Waals surface area contributed by atoms with Crippen LogP contribution in [0.4, 0.5) is 8.78 Å². The third kappa shape index (κ3) is 4.00. The molecule has 6 nitrogen and oxygen atoms in total. The predicted molar refractivity (Wildman–Crippen MR) is 94.5 cm³/mol. The van der Waals surface area contributed by atoms with Gasteiger partial charge in [-0.25, -0.2) is 18.4 Å². The maximum Gasteiger partial charge on any atom is 0.244 e. The van der Waals surface area contributed by atoms with Crippen LogP contribution in [0.2, 0.25) is 0 Å². The first kappa shape index (κ1) is 18.0. The Morgan fingerprint density at radius 2 is 2.04 bits per heavy atom. The molecule has 27 heavy (non-hydrogen) atoms. The van der Waals surface area contributed by atoms with E-state index in [2.05, 4.69) is 15.0 Å². The quantitative estimate of drug-likeness (QED) is 0.821. The molecule has 0 saturated carbocycles. The molecule has 0 aliphatic carbocycles. The fourth-order valence-corrected chi connectivity index (χ4v) is 4.38. The molecule has 1 spiro atoms. The molecule has 8 heteroatoms. The van der Waals surface area contributed by atoms with Crippen molar-refractivity contribution in [1.82, 2.24) is 24.6 Å². The van der Waals surface area contributed by atoms with Gasteiger partial charge in [-0.15, -0.1) is 0 Å². The van der Waals surface area contributed by atoms with Crippen molar-refractivity contribution in [3.63, 3.8) is 0 Å². The van der Waals surface area contributed by atoms with E-state index in [4.69, 9.17) is 0 Å². The first-order valence-corrected chi connectivity index (χ1v) is 9.30.